The van der Waals surface area contributed by atoms with Crippen LogP contribution in [0, 0.1) is 12.8 Å². The molecule has 0 spiro atoms. The van der Waals surface area contributed by atoms with Gasteiger partial charge in [-0.05, 0) is 54.7 Å². The maximum Gasteiger partial charge on any atom is 0.264 e. The lowest BCUT2D eigenvalue weighted by Gasteiger charge is -2.26. The lowest BCUT2D eigenvalue weighted by atomic mass is 9.97. The fraction of sp³-hybridized carbons (Fsp3) is 0.269. The quantitative estimate of drug-likeness (QED) is 0.428. The van der Waals surface area contributed by atoms with E-state index >= 15 is 0 Å². The summed E-state index contributed by atoms with van der Waals surface area (Å²) in [5, 5.41) is 3.33. The third-order valence-electron chi connectivity index (χ3n) is 5.59. The molecule has 0 heterocycles. The van der Waals surface area contributed by atoms with Gasteiger partial charge in [-0.3, -0.25) is 9.10 Å². The SMILES string of the molecule is CCC(CNC(=O)CN(c1cc(Cl)ccc1C)S(=O)(=O)c1ccccc1)Cc1ccccc1. The molecule has 3 rings (SSSR count). The molecule has 0 aliphatic carbocycles. The number of nitrogens with one attached hydrogen (secondary N) is 1. The van der Waals surface area contributed by atoms with Crippen LogP contribution >= 0.6 is 11.6 Å². The van der Waals surface area contributed by atoms with Gasteiger partial charge in [0.1, 0.15) is 6.54 Å². The van der Waals surface area contributed by atoms with Gasteiger partial charge in [-0.2, -0.15) is 0 Å². The van der Waals surface area contributed by atoms with E-state index in [2.05, 4.69) is 24.4 Å². The Morgan fingerprint density at radius 3 is 2.27 bits per heavy atom. The van der Waals surface area contributed by atoms with Crippen LogP contribution in [0.1, 0.15) is 24.5 Å². The zero-order valence-electron chi connectivity index (χ0n) is 18.9. The number of aryl methyl sites for hydroxylation is 1. The van der Waals surface area contributed by atoms with Crippen LogP contribution in [0.25, 0.3) is 0 Å². The summed E-state index contributed by atoms with van der Waals surface area (Å²) in [6.07, 6.45) is 1.74. The van der Waals surface area contributed by atoms with Gasteiger partial charge in [-0.25, -0.2) is 8.42 Å². The Kier molecular flexibility index (Phi) is 8.53. The van der Waals surface area contributed by atoms with Gasteiger partial charge in [0.2, 0.25) is 5.91 Å². The molecular formula is C26H29ClN2O3S. The van der Waals surface area contributed by atoms with Gasteiger partial charge in [0.05, 0.1) is 10.6 Å². The van der Waals surface area contributed by atoms with Crippen molar-refractivity contribution < 1.29 is 13.2 Å². The molecule has 1 unspecified atom stereocenters. The van der Waals surface area contributed by atoms with Gasteiger partial charge in [-0.1, -0.05) is 79.5 Å². The minimum atomic E-state index is -3.97. The van der Waals surface area contributed by atoms with Crippen molar-refractivity contribution in [1.29, 1.82) is 0 Å². The third kappa shape index (κ3) is 6.59. The van der Waals surface area contributed by atoms with Crippen LogP contribution in [0.2, 0.25) is 5.02 Å². The van der Waals surface area contributed by atoms with Gasteiger partial charge in [-0.15, -0.1) is 0 Å². The maximum atomic E-state index is 13.5. The van der Waals surface area contributed by atoms with E-state index in [1.54, 1.807) is 43.3 Å². The second kappa shape index (κ2) is 11.3. The predicted octanol–water partition coefficient (Wildman–Crippen LogP) is 5.23. The predicted molar refractivity (Wildman–Crippen MR) is 134 cm³/mol. The van der Waals surface area contributed by atoms with Crippen LogP contribution in [0.4, 0.5) is 5.69 Å². The number of halogens is 1. The molecule has 33 heavy (non-hydrogen) atoms. The van der Waals surface area contributed by atoms with Crippen molar-refractivity contribution in [2.24, 2.45) is 5.92 Å². The number of anilines is 1. The number of hydrogen-bond donors (Lipinski definition) is 1. The lowest BCUT2D eigenvalue weighted by molar-refractivity contribution is -0.119. The summed E-state index contributed by atoms with van der Waals surface area (Å²) in [6, 6.07) is 23.2. The van der Waals surface area contributed by atoms with E-state index in [4.69, 9.17) is 11.6 Å². The molecule has 5 nitrogen and oxygen atoms in total. The molecule has 0 aliphatic heterocycles. The van der Waals surface area contributed by atoms with Crippen molar-refractivity contribution in [2.45, 2.75) is 31.6 Å². The molecule has 0 bridgehead atoms. The van der Waals surface area contributed by atoms with Crippen molar-refractivity contribution in [3.05, 3.63) is 95.0 Å². The summed E-state index contributed by atoms with van der Waals surface area (Å²) in [7, 11) is -3.97. The van der Waals surface area contributed by atoms with E-state index in [1.165, 1.54) is 17.7 Å². The molecule has 1 atom stereocenters. The molecule has 0 fully saturated rings. The number of nitrogens with zero attached hydrogens (tertiary/aromatic N) is 1. The van der Waals surface area contributed by atoms with Gasteiger partial charge in [0, 0.05) is 11.6 Å². The van der Waals surface area contributed by atoms with Crippen LogP contribution in [-0.4, -0.2) is 27.4 Å². The highest BCUT2D eigenvalue weighted by Crippen LogP contribution is 2.29. The fourth-order valence-electron chi connectivity index (χ4n) is 3.62. The first-order valence-electron chi connectivity index (χ1n) is 11.0. The topological polar surface area (TPSA) is 66.5 Å². The van der Waals surface area contributed by atoms with E-state index < -0.39 is 10.0 Å². The van der Waals surface area contributed by atoms with E-state index in [9.17, 15) is 13.2 Å². The average molecular weight is 485 g/mol. The van der Waals surface area contributed by atoms with Crippen LogP contribution in [0.15, 0.2) is 83.8 Å². The van der Waals surface area contributed by atoms with E-state index in [-0.39, 0.29) is 23.3 Å². The summed E-state index contributed by atoms with van der Waals surface area (Å²) in [6.45, 7) is 4.02. The Balaban J connectivity index is 1.80. The van der Waals surface area contributed by atoms with Gasteiger partial charge < -0.3 is 5.32 Å². The van der Waals surface area contributed by atoms with Crippen LogP contribution in [0.5, 0.6) is 0 Å². The van der Waals surface area contributed by atoms with E-state index in [0.717, 1.165) is 17.1 Å². The molecule has 1 N–H and O–H groups in total. The van der Waals surface area contributed by atoms with Crippen molar-refractivity contribution in [2.75, 3.05) is 17.4 Å². The normalized spacial score (nSPS) is 12.2. The molecule has 0 aromatic heterocycles. The van der Waals surface area contributed by atoms with Crippen molar-refractivity contribution >= 4 is 33.2 Å². The second-order valence-electron chi connectivity index (χ2n) is 8.02. The standard InChI is InChI=1S/C26H29ClN2O3S/c1-3-21(16-22-10-6-4-7-11-22)18-28-26(30)19-29(25-17-23(27)15-14-20(25)2)33(31,32)24-12-8-5-9-13-24/h4-15,17,21H,3,16,18-19H2,1-2H3,(H,28,30). The first kappa shape index (κ1) is 24.8. The third-order valence-corrected chi connectivity index (χ3v) is 7.60. The van der Waals surface area contributed by atoms with Gasteiger partial charge >= 0.3 is 0 Å². The maximum absolute atomic E-state index is 13.5. The molecule has 0 saturated heterocycles. The number of sulfonamides is 1. The van der Waals surface area contributed by atoms with Crippen LogP contribution in [-0.2, 0) is 21.2 Å². The number of carbonyl (C=O) groups excluding carboxylic acids is 1. The average Bonchev–Trinajstić information content (AvgIpc) is 2.83. The summed E-state index contributed by atoms with van der Waals surface area (Å²) >= 11 is 6.17. The van der Waals surface area contributed by atoms with Crippen molar-refractivity contribution in [3.63, 3.8) is 0 Å². The molecule has 3 aromatic carbocycles. The molecule has 7 heteroatoms. The Bertz CT molecular complexity index is 1170. The highest BCUT2D eigenvalue weighted by Gasteiger charge is 2.28. The Labute approximate surface area is 201 Å². The molecule has 1 amide bonds. The molecule has 0 radical (unpaired) electrons. The smallest absolute Gasteiger partial charge is 0.264 e. The van der Waals surface area contributed by atoms with Crippen LogP contribution in [0.3, 0.4) is 0 Å². The largest absolute Gasteiger partial charge is 0.354 e. The number of rotatable bonds is 10. The van der Waals surface area contributed by atoms with Crippen molar-refractivity contribution in [1.82, 2.24) is 5.32 Å². The fourth-order valence-corrected chi connectivity index (χ4v) is 5.29. The highest BCUT2D eigenvalue weighted by atomic mass is 35.5. The number of carbonyl (C=O) groups is 1. The first-order valence-corrected chi connectivity index (χ1v) is 12.8. The summed E-state index contributed by atoms with van der Waals surface area (Å²) < 4.78 is 28.1. The number of benzene rings is 3. The molecule has 174 valence electrons. The van der Waals surface area contributed by atoms with Gasteiger partial charge in [0.25, 0.3) is 10.0 Å². The minimum Gasteiger partial charge on any atom is -0.354 e. The van der Waals surface area contributed by atoms with Gasteiger partial charge in [0.15, 0.2) is 0 Å². The molecule has 0 aliphatic rings. The molecule has 3 aromatic rings. The highest BCUT2D eigenvalue weighted by molar-refractivity contribution is 7.92. The Hall–Kier alpha value is -2.83. The minimum absolute atomic E-state index is 0.118. The zero-order valence-corrected chi connectivity index (χ0v) is 20.4. The number of hydrogen-bond acceptors (Lipinski definition) is 3. The number of amides is 1. The summed E-state index contributed by atoms with van der Waals surface area (Å²) in [4.78, 5) is 13.0. The zero-order chi connectivity index (χ0) is 23.8. The second-order valence-corrected chi connectivity index (χ2v) is 10.3. The summed E-state index contributed by atoms with van der Waals surface area (Å²) in [5.41, 5.74) is 2.31. The Morgan fingerprint density at radius 1 is 1.00 bits per heavy atom. The monoisotopic (exact) mass is 484 g/mol. The molecule has 0 saturated carbocycles. The lowest BCUT2D eigenvalue weighted by Crippen LogP contribution is -2.42. The Morgan fingerprint density at radius 2 is 1.64 bits per heavy atom. The van der Waals surface area contributed by atoms with Crippen molar-refractivity contribution in [3.8, 4) is 0 Å². The van der Waals surface area contributed by atoms with Crippen LogP contribution < -0.4 is 9.62 Å². The first-order chi connectivity index (χ1) is 15.8. The van der Waals surface area contributed by atoms with E-state index in [1.807, 2.05) is 18.2 Å². The summed E-state index contributed by atoms with van der Waals surface area (Å²) in [5.74, 6) is -0.108. The van der Waals surface area contributed by atoms with E-state index in [0.29, 0.717) is 22.8 Å². The molecular weight excluding hydrogens is 456 g/mol.